The maximum atomic E-state index is 11.4. The van der Waals surface area contributed by atoms with Gasteiger partial charge in [0.2, 0.25) is 0 Å². The molecule has 3 N–H and O–H groups in total. The molecule has 0 aliphatic heterocycles. The van der Waals surface area contributed by atoms with Crippen LogP contribution in [0.5, 0.6) is 0 Å². The Morgan fingerprint density at radius 1 is 1.56 bits per heavy atom. The number of aliphatic hydroxyl groups is 1. The molecular formula is C10H17N3O2S. The number of hydrogen-bond donors (Lipinski definition) is 3. The van der Waals surface area contributed by atoms with Gasteiger partial charge >= 0.3 is 6.03 Å². The minimum Gasteiger partial charge on any atom is -0.388 e. The van der Waals surface area contributed by atoms with Crippen molar-refractivity contribution in [3.8, 4) is 0 Å². The van der Waals surface area contributed by atoms with Crippen molar-refractivity contribution in [1.82, 2.24) is 10.3 Å². The Labute approximate surface area is 98.9 Å². The van der Waals surface area contributed by atoms with Gasteiger partial charge in [-0.3, -0.25) is 5.32 Å². The van der Waals surface area contributed by atoms with Crippen molar-refractivity contribution in [2.75, 3.05) is 11.9 Å². The van der Waals surface area contributed by atoms with Crippen LogP contribution >= 0.6 is 11.3 Å². The van der Waals surface area contributed by atoms with Gasteiger partial charge in [-0.05, 0) is 12.8 Å². The number of urea groups is 1. The summed E-state index contributed by atoms with van der Waals surface area (Å²) in [5, 5.41) is 17.5. The fourth-order valence-corrected chi connectivity index (χ4v) is 1.70. The van der Waals surface area contributed by atoms with Gasteiger partial charge in [-0.1, -0.05) is 13.8 Å². The molecule has 1 aromatic rings. The molecule has 5 nitrogen and oxygen atoms in total. The molecule has 0 saturated carbocycles. The van der Waals surface area contributed by atoms with Crippen LogP contribution in [0.4, 0.5) is 9.93 Å². The lowest BCUT2D eigenvalue weighted by atomic mass is 9.98. The lowest BCUT2D eigenvalue weighted by Gasteiger charge is -2.25. The molecule has 1 rings (SSSR count). The number of aromatic nitrogens is 1. The largest absolute Gasteiger partial charge is 0.388 e. The molecule has 1 heterocycles. The summed E-state index contributed by atoms with van der Waals surface area (Å²) < 4.78 is 0. The molecule has 0 saturated heterocycles. The SMILES string of the molecule is CCC(O)(CC)CNC(=O)Nc1nccs1. The van der Waals surface area contributed by atoms with Gasteiger partial charge in [0.05, 0.1) is 5.60 Å². The van der Waals surface area contributed by atoms with Crippen LogP contribution in [0.3, 0.4) is 0 Å². The highest BCUT2D eigenvalue weighted by molar-refractivity contribution is 7.13. The third kappa shape index (κ3) is 3.79. The molecule has 90 valence electrons. The standard InChI is InChI=1S/C10H17N3O2S/c1-3-10(15,4-2)7-12-8(14)13-9-11-5-6-16-9/h5-6,15H,3-4,7H2,1-2H3,(H2,11,12,13,14). The van der Waals surface area contributed by atoms with E-state index in [0.29, 0.717) is 18.0 Å². The van der Waals surface area contributed by atoms with Crippen molar-refractivity contribution in [2.45, 2.75) is 32.3 Å². The van der Waals surface area contributed by atoms with E-state index in [1.807, 2.05) is 13.8 Å². The van der Waals surface area contributed by atoms with E-state index in [1.54, 1.807) is 11.6 Å². The van der Waals surface area contributed by atoms with Crippen molar-refractivity contribution >= 4 is 22.5 Å². The highest BCUT2D eigenvalue weighted by Gasteiger charge is 2.22. The number of carbonyl (C=O) groups is 1. The van der Waals surface area contributed by atoms with Crippen LogP contribution in [0.15, 0.2) is 11.6 Å². The van der Waals surface area contributed by atoms with E-state index in [4.69, 9.17) is 0 Å². The summed E-state index contributed by atoms with van der Waals surface area (Å²) in [7, 11) is 0. The van der Waals surface area contributed by atoms with E-state index in [2.05, 4.69) is 15.6 Å². The minimum absolute atomic E-state index is 0.247. The quantitative estimate of drug-likeness (QED) is 0.738. The number of nitrogens with zero attached hydrogens (tertiary/aromatic N) is 1. The average molecular weight is 243 g/mol. The molecular weight excluding hydrogens is 226 g/mol. The van der Waals surface area contributed by atoms with Gasteiger partial charge in [0.25, 0.3) is 0 Å². The number of carbonyl (C=O) groups excluding carboxylic acids is 1. The second kappa shape index (κ2) is 5.81. The lowest BCUT2D eigenvalue weighted by molar-refractivity contribution is 0.0354. The average Bonchev–Trinajstić information content (AvgIpc) is 2.79. The number of hydrogen-bond acceptors (Lipinski definition) is 4. The number of amides is 2. The van der Waals surface area contributed by atoms with Crippen molar-refractivity contribution in [1.29, 1.82) is 0 Å². The van der Waals surface area contributed by atoms with Crippen LogP contribution in [0.2, 0.25) is 0 Å². The Bertz CT molecular complexity index is 323. The Morgan fingerprint density at radius 2 is 2.25 bits per heavy atom. The zero-order chi connectivity index (χ0) is 12.0. The first-order valence-corrected chi connectivity index (χ1v) is 6.14. The summed E-state index contributed by atoms with van der Waals surface area (Å²) in [6.45, 7) is 4.03. The number of nitrogens with one attached hydrogen (secondary N) is 2. The number of thiazole rings is 1. The summed E-state index contributed by atoms with van der Waals surface area (Å²) in [4.78, 5) is 15.3. The molecule has 0 bridgehead atoms. The van der Waals surface area contributed by atoms with Crippen molar-refractivity contribution in [3.63, 3.8) is 0 Å². The van der Waals surface area contributed by atoms with Gasteiger partial charge in [0, 0.05) is 18.1 Å². The zero-order valence-electron chi connectivity index (χ0n) is 9.49. The van der Waals surface area contributed by atoms with Crippen LogP contribution < -0.4 is 10.6 Å². The minimum atomic E-state index is -0.819. The van der Waals surface area contributed by atoms with Gasteiger partial charge in [-0.2, -0.15) is 0 Å². The molecule has 1 aromatic heterocycles. The highest BCUT2D eigenvalue weighted by atomic mass is 32.1. The van der Waals surface area contributed by atoms with E-state index in [9.17, 15) is 9.90 Å². The van der Waals surface area contributed by atoms with Crippen LogP contribution in [0, 0.1) is 0 Å². The maximum Gasteiger partial charge on any atom is 0.321 e. The molecule has 0 aliphatic carbocycles. The van der Waals surface area contributed by atoms with Crippen LogP contribution in [0.1, 0.15) is 26.7 Å². The molecule has 0 fully saturated rings. The topological polar surface area (TPSA) is 74.2 Å². The van der Waals surface area contributed by atoms with Crippen LogP contribution in [-0.2, 0) is 0 Å². The Morgan fingerprint density at radius 3 is 2.75 bits per heavy atom. The first kappa shape index (κ1) is 12.9. The summed E-state index contributed by atoms with van der Waals surface area (Å²) in [5.41, 5.74) is -0.819. The molecule has 0 spiro atoms. The van der Waals surface area contributed by atoms with Crippen LogP contribution in [0.25, 0.3) is 0 Å². The van der Waals surface area contributed by atoms with Crippen molar-refractivity contribution < 1.29 is 9.90 Å². The maximum absolute atomic E-state index is 11.4. The molecule has 2 amide bonds. The smallest absolute Gasteiger partial charge is 0.321 e. The fourth-order valence-electron chi connectivity index (χ4n) is 1.17. The summed E-state index contributed by atoms with van der Waals surface area (Å²) in [6, 6.07) is -0.338. The normalized spacial score (nSPS) is 11.2. The predicted octanol–water partition coefficient (Wildman–Crippen LogP) is 1.82. The number of rotatable bonds is 5. The van der Waals surface area contributed by atoms with E-state index in [0.717, 1.165) is 0 Å². The second-order valence-electron chi connectivity index (χ2n) is 3.58. The third-order valence-electron chi connectivity index (χ3n) is 2.55. The second-order valence-corrected chi connectivity index (χ2v) is 4.47. The van der Waals surface area contributed by atoms with Crippen molar-refractivity contribution in [2.24, 2.45) is 0 Å². The molecule has 0 aliphatic rings. The Balaban J connectivity index is 2.35. The molecule has 0 radical (unpaired) electrons. The molecule has 0 aromatic carbocycles. The van der Waals surface area contributed by atoms with E-state index >= 15 is 0 Å². The summed E-state index contributed by atoms with van der Waals surface area (Å²) in [5.74, 6) is 0. The monoisotopic (exact) mass is 243 g/mol. The Kier molecular flexibility index (Phi) is 4.70. The first-order chi connectivity index (χ1) is 7.59. The van der Waals surface area contributed by atoms with Gasteiger partial charge in [0.15, 0.2) is 5.13 Å². The fraction of sp³-hybridized carbons (Fsp3) is 0.600. The Hall–Kier alpha value is -1.14. The van der Waals surface area contributed by atoms with Crippen molar-refractivity contribution in [3.05, 3.63) is 11.6 Å². The third-order valence-corrected chi connectivity index (χ3v) is 3.24. The van der Waals surface area contributed by atoms with Gasteiger partial charge in [0.1, 0.15) is 0 Å². The molecule has 0 atom stereocenters. The molecule has 16 heavy (non-hydrogen) atoms. The van der Waals surface area contributed by atoms with E-state index in [-0.39, 0.29) is 12.6 Å². The van der Waals surface area contributed by atoms with Crippen LogP contribution in [-0.4, -0.2) is 28.3 Å². The van der Waals surface area contributed by atoms with E-state index < -0.39 is 5.60 Å². The molecule has 0 unspecified atom stereocenters. The summed E-state index contributed by atoms with van der Waals surface area (Å²) in [6.07, 6.45) is 2.84. The summed E-state index contributed by atoms with van der Waals surface area (Å²) >= 11 is 1.35. The van der Waals surface area contributed by atoms with E-state index in [1.165, 1.54) is 11.3 Å². The molecule has 6 heteroatoms. The van der Waals surface area contributed by atoms with Gasteiger partial charge < -0.3 is 10.4 Å². The number of anilines is 1. The lowest BCUT2D eigenvalue weighted by Crippen LogP contribution is -2.43. The zero-order valence-corrected chi connectivity index (χ0v) is 10.3. The van der Waals surface area contributed by atoms with Gasteiger partial charge in [-0.25, -0.2) is 9.78 Å². The van der Waals surface area contributed by atoms with Gasteiger partial charge in [-0.15, -0.1) is 11.3 Å². The first-order valence-electron chi connectivity index (χ1n) is 5.26. The predicted molar refractivity (Wildman–Crippen MR) is 64.7 cm³/mol. The highest BCUT2D eigenvalue weighted by Crippen LogP contribution is 2.13.